The Bertz CT molecular complexity index is 392. The molecular formula is C14H24N4. The van der Waals surface area contributed by atoms with Crippen LogP contribution in [0, 0.1) is 5.92 Å². The highest BCUT2D eigenvalue weighted by molar-refractivity contribution is 5.10. The van der Waals surface area contributed by atoms with Crippen LogP contribution in [0.2, 0.25) is 0 Å². The molecule has 0 spiro atoms. The third-order valence-corrected chi connectivity index (χ3v) is 4.60. The van der Waals surface area contributed by atoms with E-state index in [2.05, 4.69) is 35.4 Å². The molecule has 4 nitrogen and oxygen atoms in total. The Kier molecular flexibility index (Phi) is 3.39. The van der Waals surface area contributed by atoms with Gasteiger partial charge in [-0.15, -0.1) is 0 Å². The number of hydrogen-bond acceptors (Lipinski definition) is 3. The molecule has 1 N–H and O–H groups in total. The van der Waals surface area contributed by atoms with E-state index in [0.29, 0.717) is 12.1 Å². The van der Waals surface area contributed by atoms with Gasteiger partial charge in [-0.3, -0.25) is 4.68 Å². The van der Waals surface area contributed by atoms with Crippen LogP contribution in [0.3, 0.4) is 0 Å². The van der Waals surface area contributed by atoms with Crippen LogP contribution < -0.4 is 5.32 Å². The second-order valence-electron chi connectivity index (χ2n) is 5.76. The molecule has 3 fully saturated rings. The Morgan fingerprint density at radius 1 is 1.44 bits per heavy atom. The molecule has 0 aliphatic carbocycles. The Morgan fingerprint density at radius 2 is 2.22 bits per heavy atom. The van der Waals surface area contributed by atoms with Gasteiger partial charge in [0.1, 0.15) is 0 Å². The smallest absolute Gasteiger partial charge is 0.0537 e. The predicted octanol–water partition coefficient (Wildman–Crippen LogP) is 1.65. The van der Waals surface area contributed by atoms with E-state index < -0.39 is 0 Å². The highest BCUT2D eigenvalue weighted by Gasteiger charge is 2.34. The molecule has 4 heteroatoms. The maximum atomic E-state index is 4.36. The molecule has 2 atom stereocenters. The van der Waals surface area contributed by atoms with E-state index in [-0.39, 0.29) is 0 Å². The largest absolute Gasteiger partial charge is 0.306 e. The van der Waals surface area contributed by atoms with Crippen molar-refractivity contribution in [3.63, 3.8) is 0 Å². The summed E-state index contributed by atoms with van der Waals surface area (Å²) in [6, 6.07) is 1.09. The van der Waals surface area contributed by atoms with Crippen molar-refractivity contribution in [3.05, 3.63) is 18.0 Å². The average Bonchev–Trinajstić information content (AvgIpc) is 2.89. The summed E-state index contributed by atoms with van der Waals surface area (Å²) >= 11 is 0. The summed E-state index contributed by atoms with van der Waals surface area (Å²) in [5.41, 5.74) is 1.31. The van der Waals surface area contributed by atoms with Crippen LogP contribution in [0.5, 0.6) is 0 Å². The molecule has 18 heavy (non-hydrogen) atoms. The minimum absolute atomic E-state index is 0.413. The molecule has 1 aromatic heterocycles. The summed E-state index contributed by atoms with van der Waals surface area (Å²) in [7, 11) is 0. The number of piperidine rings is 3. The number of hydrogen-bond donors (Lipinski definition) is 1. The van der Waals surface area contributed by atoms with Gasteiger partial charge in [-0.05, 0) is 45.7 Å². The van der Waals surface area contributed by atoms with Gasteiger partial charge in [0.2, 0.25) is 0 Å². The fourth-order valence-electron chi connectivity index (χ4n) is 3.35. The molecule has 100 valence electrons. The summed E-state index contributed by atoms with van der Waals surface area (Å²) < 4.78 is 2.00. The van der Waals surface area contributed by atoms with Crippen molar-refractivity contribution in [3.8, 4) is 0 Å². The minimum atomic E-state index is 0.413. The monoisotopic (exact) mass is 248 g/mol. The van der Waals surface area contributed by atoms with Crippen LogP contribution in [0.1, 0.15) is 38.3 Å². The van der Waals surface area contributed by atoms with Gasteiger partial charge in [0.05, 0.1) is 6.20 Å². The first-order chi connectivity index (χ1) is 8.76. The van der Waals surface area contributed by atoms with Gasteiger partial charge in [-0.2, -0.15) is 5.10 Å². The molecule has 0 saturated carbocycles. The van der Waals surface area contributed by atoms with E-state index in [9.17, 15) is 0 Å². The molecule has 3 aliphatic heterocycles. The van der Waals surface area contributed by atoms with Crippen molar-refractivity contribution in [2.45, 2.75) is 45.3 Å². The van der Waals surface area contributed by atoms with E-state index in [1.54, 1.807) is 0 Å². The first-order valence-corrected chi connectivity index (χ1v) is 7.27. The number of fused-ring (bicyclic) bond motifs is 3. The highest BCUT2D eigenvalue weighted by atomic mass is 15.3. The van der Waals surface area contributed by atoms with Gasteiger partial charge < -0.3 is 10.2 Å². The van der Waals surface area contributed by atoms with Crippen molar-refractivity contribution >= 4 is 0 Å². The van der Waals surface area contributed by atoms with Crippen LogP contribution in [-0.4, -0.2) is 40.4 Å². The number of nitrogens with zero attached hydrogens (tertiary/aromatic N) is 3. The lowest BCUT2D eigenvalue weighted by atomic mass is 9.83. The van der Waals surface area contributed by atoms with Crippen LogP contribution in [0.25, 0.3) is 0 Å². The molecule has 1 aromatic rings. The van der Waals surface area contributed by atoms with E-state index in [4.69, 9.17) is 0 Å². The predicted molar refractivity (Wildman–Crippen MR) is 72.4 cm³/mol. The van der Waals surface area contributed by atoms with Crippen molar-refractivity contribution in [1.82, 2.24) is 20.0 Å². The molecule has 0 amide bonds. The third kappa shape index (κ3) is 2.31. The first-order valence-electron chi connectivity index (χ1n) is 7.27. The van der Waals surface area contributed by atoms with Crippen molar-refractivity contribution < 1.29 is 0 Å². The fourth-order valence-corrected chi connectivity index (χ4v) is 3.35. The number of aryl methyl sites for hydroxylation is 1. The van der Waals surface area contributed by atoms with Gasteiger partial charge in [0, 0.05) is 36.9 Å². The zero-order valence-electron chi connectivity index (χ0n) is 11.5. The van der Waals surface area contributed by atoms with Gasteiger partial charge in [0.15, 0.2) is 0 Å². The van der Waals surface area contributed by atoms with Gasteiger partial charge in [0.25, 0.3) is 0 Å². The lowest BCUT2D eigenvalue weighted by Gasteiger charge is -2.46. The fraction of sp³-hybridized carbons (Fsp3) is 0.786. The highest BCUT2D eigenvalue weighted by Crippen LogP contribution is 2.29. The van der Waals surface area contributed by atoms with Gasteiger partial charge >= 0.3 is 0 Å². The Labute approximate surface area is 109 Å². The van der Waals surface area contributed by atoms with E-state index in [0.717, 1.165) is 12.5 Å². The molecular weight excluding hydrogens is 224 g/mol. The lowest BCUT2D eigenvalue weighted by Crippen LogP contribution is -2.56. The van der Waals surface area contributed by atoms with Crippen LogP contribution in [0.4, 0.5) is 0 Å². The van der Waals surface area contributed by atoms with E-state index >= 15 is 0 Å². The van der Waals surface area contributed by atoms with Crippen LogP contribution >= 0.6 is 0 Å². The summed E-state index contributed by atoms with van der Waals surface area (Å²) in [5, 5.41) is 8.17. The zero-order chi connectivity index (χ0) is 12.5. The average molecular weight is 248 g/mol. The molecule has 4 heterocycles. The number of aromatic nitrogens is 2. The van der Waals surface area contributed by atoms with E-state index in [1.807, 2.05) is 10.9 Å². The summed E-state index contributed by atoms with van der Waals surface area (Å²) in [6.07, 6.45) is 6.92. The number of rotatable bonds is 4. The molecule has 2 unspecified atom stereocenters. The molecule has 0 aromatic carbocycles. The third-order valence-electron chi connectivity index (χ3n) is 4.60. The maximum absolute atomic E-state index is 4.36. The summed E-state index contributed by atoms with van der Waals surface area (Å²) in [4.78, 5) is 2.60. The quantitative estimate of drug-likeness (QED) is 0.879. The van der Waals surface area contributed by atoms with Gasteiger partial charge in [-0.25, -0.2) is 0 Å². The summed E-state index contributed by atoms with van der Waals surface area (Å²) in [6.45, 7) is 9.19. The van der Waals surface area contributed by atoms with Crippen molar-refractivity contribution in [1.29, 1.82) is 0 Å². The Balaban J connectivity index is 1.62. The van der Waals surface area contributed by atoms with Crippen molar-refractivity contribution in [2.24, 2.45) is 5.92 Å². The maximum Gasteiger partial charge on any atom is 0.0537 e. The molecule has 3 aliphatic rings. The summed E-state index contributed by atoms with van der Waals surface area (Å²) in [5.74, 6) is 0.888. The van der Waals surface area contributed by atoms with Gasteiger partial charge in [-0.1, -0.05) is 0 Å². The first kappa shape index (κ1) is 12.2. The SMILES string of the molecule is CCn1cc(C(C)NC2CN3CCC2CC3)cn1. The molecule has 3 saturated heterocycles. The van der Waals surface area contributed by atoms with Crippen molar-refractivity contribution in [2.75, 3.05) is 19.6 Å². The normalized spacial score (nSPS) is 32.7. The lowest BCUT2D eigenvalue weighted by molar-refractivity contribution is 0.0680. The number of nitrogens with one attached hydrogen (secondary N) is 1. The molecule has 4 rings (SSSR count). The Hall–Kier alpha value is -0.870. The Morgan fingerprint density at radius 3 is 2.78 bits per heavy atom. The second kappa shape index (κ2) is 5.02. The van der Waals surface area contributed by atoms with Crippen LogP contribution in [-0.2, 0) is 6.54 Å². The zero-order valence-corrected chi connectivity index (χ0v) is 11.5. The van der Waals surface area contributed by atoms with Crippen LogP contribution in [0.15, 0.2) is 12.4 Å². The topological polar surface area (TPSA) is 33.1 Å². The minimum Gasteiger partial charge on any atom is -0.306 e. The molecule has 0 radical (unpaired) electrons. The van der Waals surface area contributed by atoms with E-state index in [1.165, 1.54) is 38.0 Å². The molecule has 2 bridgehead atoms. The standard InChI is InChI=1S/C14H24N4/c1-3-18-9-13(8-15-18)11(2)16-14-10-17-6-4-12(14)5-7-17/h8-9,11-12,14,16H,3-7,10H2,1-2H3. The second-order valence-corrected chi connectivity index (χ2v) is 5.76.